The number of amides is 1. The number of alkyl halides is 1. The quantitative estimate of drug-likeness (QED) is 0.518. The Balaban J connectivity index is 1.39. The molecule has 1 saturated carbocycles. The summed E-state index contributed by atoms with van der Waals surface area (Å²) < 4.78 is 20.9. The van der Waals surface area contributed by atoms with Crippen LogP contribution in [0.25, 0.3) is 11.4 Å². The minimum absolute atomic E-state index is 0.0940. The van der Waals surface area contributed by atoms with Gasteiger partial charge in [0.05, 0.1) is 11.6 Å². The van der Waals surface area contributed by atoms with Crippen LogP contribution in [0.1, 0.15) is 76.5 Å². The summed E-state index contributed by atoms with van der Waals surface area (Å²) >= 11 is 0. The predicted molar refractivity (Wildman–Crippen MR) is 133 cm³/mol. The minimum atomic E-state index is -1.50. The highest BCUT2D eigenvalue weighted by Gasteiger charge is 2.38. The molecule has 7 nitrogen and oxygen atoms in total. The number of aromatic nitrogens is 3. The first kappa shape index (κ1) is 24.1. The summed E-state index contributed by atoms with van der Waals surface area (Å²) in [5.41, 5.74) is 3.15. The second-order valence-corrected chi connectivity index (χ2v) is 9.87. The van der Waals surface area contributed by atoms with Gasteiger partial charge in [0.1, 0.15) is 12.3 Å². The average Bonchev–Trinajstić information content (AvgIpc) is 3.32. The molecular formula is C28H30FN5O2. The van der Waals surface area contributed by atoms with Crippen LogP contribution in [0.15, 0.2) is 36.4 Å². The maximum absolute atomic E-state index is 15.7. The van der Waals surface area contributed by atoms with Crippen LogP contribution < -0.4 is 0 Å². The first-order valence-electron chi connectivity index (χ1n) is 12.5. The van der Waals surface area contributed by atoms with E-state index in [9.17, 15) is 4.79 Å². The van der Waals surface area contributed by atoms with Crippen molar-refractivity contribution in [2.45, 2.75) is 57.2 Å². The number of piperidine rings is 1. The number of methoxy groups -OCH3 is 1. The van der Waals surface area contributed by atoms with Gasteiger partial charge in [0.25, 0.3) is 5.91 Å². The Morgan fingerprint density at radius 1 is 1.25 bits per heavy atom. The fourth-order valence-electron chi connectivity index (χ4n) is 5.20. The Hall–Kier alpha value is -3.57. The lowest BCUT2D eigenvalue weighted by Crippen LogP contribution is -2.43. The molecule has 3 aromatic rings. The van der Waals surface area contributed by atoms with Crippen molar-refractivity contribution in [3.05, 3.63) is 70.0 Å². The number of aryl methyl sites for hydroxylation is 1. The Bertz CT molecular complexity index is 1300. The van der Waals surface area contributed by atoms with Gasteiger partial charge in [-0.15, -0.1) is 0 Å². The molecule has 0 bridgehead atoms. The molecule has 1 N–H and O–H groups in total. The number of benzene rings is 2. The maximum atomic E-state index is 15.7. The third-order valence-electron chi connectivity index (χ3n) is 7.60. The van der Waals surface area contributed by atoms with Crippen LogP contribution in [0.3, 0.4) is 0 Å². The zero-order valence-corrected chi connectivity index (χ0v) is 20.7. The van der Waals surface area contributed by atoms with E-state index in [0.29, 0.717) is 54.0 Å². The van der Waals surface area contributed by atoms with E-state index in [4.69, 9.17) is 10.00 Å². The zero-order chi connectivity index (χ0) is 25.3. The summed E-state index contributed by atoms with van der Waals surface area (Å²) in [6.07, 6.45) is 3.88. The number of H-pyrrole nitrogens is 1. The molecule has 1 amide bonds. The van der Waals surface area contributed by atoms with E-state index in [1.807, 2.05) is 13.0 Å². The lowest BCUT2D eigenvalue weighted by Gasteiger charge is -2.37. The maximum Gasteiger partial charge on any atom is 0.254 e. The smallest absolute Gasteiger partial charge is 0.254 e. The van der Waals surface area contributed by atoms with Gasteiger partial charge in [0, 0.05) is 44.2 Å². The Morgan fingerprint density at radius 2 is 1.97 bits per heavy atom. The number of carbonyl (C=O) groups is 1. The van der Waals surface area contributed by atoms with Crippen molar-refractivity contribution >= 4 is 5.91 Å². The highest BCUT2D eigenvalue weighted by atomic mass is 19.1. The Morgan fingerprint density at radius 3 is 2.58 bits per heavy atom. The number of aromatic amines is 1. The van der Waals surface area contributed by atoms with E-state index in [2.05, 4.69) is 27.3 Å². The number of nitriles is 1. The third kappa shape index (κ3) is 4.51. The van der Waals surface area contributed by atoms with Crippen LogP contribution in [-0.2, 0) is 17.0 Å². The van der Waals surface area contributed by atoms with Gasteiger partial charge in [-0.25, -0.2) is 9.37 Å². The predicted octanol–water partition coefficient (Wildman–Crippen LogP) is 5.17. The van der Waals surface area contributed by atoms with Crippen molar-refractivity contribution in [3.8, 4) is 17.5 Å². The van der Waals surface area contributed by atoms with E-state index >= 15 is 4.39 Å². The lowest BCUT2D eigenvalue weighted by atomic mass is 9.77. The van der Waals surface area contributed by atoms with Gasteiger partial charge in [-0.3, -0.25) is 9.89 Å². The molecule has 2 aliphatic rings. The molecule has 8 heteroatoms. The first-order chi connectivity index (χ1) is 17.4. The number of likely N-dealkylation sites (tertiary alicyclic amines) is 1. The summed E-state index contributed by atoms with van der Waals surface area (Å²) in [5.74, 6) is 1.56. The van der Waals surface area contributed by atoms with Gasteiger partial charge in [-0.05, 0) is 60.6 Å². The highest BCUT2D eigenvalue weighted by molar-refractivity contribution is 5.97. The minimum Gasteiger partial charge on any atom is -0.377 e. The van der Waals surface area contributed by atoms with Crippen molar-refractivity contribution in [2.24, 2.45) is 0 Å². The fraction of sp³-hybridized carbons (Fsp3) is 0.429. The van der Waals surface area contributed by atoms with Gasteiger partial charge >= 0.3 is 0 Å². The summed E-state index contributed by atoms with van der Waals surface area (Å²) in [7, 11) is 1.61. The standard InChI is InChI=1S/C28H30FN5O2/c1-18-14-23(20-4-3-5-20)24(26-31-25(17-36-2)32-33-26)15-22(18)27(35)34-12-10-28(29,11-13-34)21-8-6-19(16-30)7-9-21/h6-9,14-15,20H,3-5,10-13,17H2,1-2H3,(H,31,32,33). The van der Waals surface area contributed by atoms with Crippen LogP contribution in [0.5, 0.6) is 0 Å². The normalized spacial score (nSPS) is 17.4. The molecule has 0 atom stereocenters. The van der Waals surface area contributed by atoms with Gasteiger partial charge in [-0.1, -0.05) is 24.6 Å². The van der Waals surface area contributed by atoms with E-state index in [0.717, 1.165) is 24.0 Å². The molecule has 1 aliphatic carbocycles. The number of hydrogen-bond acceptors (Lipinski definition) is 5. The van der Waals surface area contributed by atoms with Gasteiger partial charge in [-0.2, -0.15) is 10.4 Å². The number of nitrogens with zero attached hydrogens (tertiary/aromatic N) is 4. The Labute approximate surface area is 210 Å². The summed E-state index contributed by atoms with van der Waals surface area (Å²) in [6, 6.07) is 12.7. The number of rotatable bonds is 6. The molecule has 0 radical (unpaired) electrons. The molecule has 1 saturated heterocycles. The molecule has 5 rings (SSSR count). The molecule has 2 fully saturated rings. The number of carbonyl (C=O) groups excluding carboxylic acids is 1. The molecule has 0 unspecified atom stereocenters. The first-order valence-corrected chi connectivity index (χ1v) is 12.5. The van der Waals surface area contributed by atoms with E-state index in [-0.39, 0.29) is 18.7 Å². The molecule has 1 aliphatic heterocycles. The van der Waals surface area contributed by atoms with Crippen LogP contribution in [0.2, 0.25) is 0 Å². The van der Waals surface area contributed by atoms with Crippen molar-refractivity contribution in [2.75, 3.05) is 20.2 Å². The van der Waals surface area contributed by atoms with E-state index in [1.54, 1.807) is 36.3 Å². The van der Waals surface area contributed by atoms with Crippen molar-refractivity contribution in [3.63, 3.8) is 0 Å². The Kier molecular flexibility index (Phi) is 6.59. The van der Waals surface area contributed by atoms with Crippen LogP contribution >= 0.6 is 0 Å². The largest absolute Gasteiger partial charge is 0.377 e. The van der Waals surface area contributed by atoms with Crippen LogP contribution in [-0.4, -0.2) is 46.2 Å². The third-order valence-corrected chi connectivity index (χ3v) is 7.60. The van der Waals surface area contributed by atoms with Crippen LogP contribution in [0.4, 0.5) is 4.39 Å². The zero-order valence-electron chi connectivity index (χ0n) is 20.7. The molecule has 2 aromatic carbocycles. The summed E-state index contributed by atoms with van der Waals surface area (Å²) in [6.45, 7) is 2.95. The van der Waals surface area contributed by atoms with E-state index < -0.39 is 5.67 Å². The van der Waals surface area contributed by atoms with Crippen molar-refractivity contribution < 1.29 is 13.9 Å². The number of ether oxygens (including phenoxy) is 1. The summed E-state index contributed by atoms with van der Waals surface area (Å²) in [5, 5.41) is 16.3. The molecule has 1 aromatic heterocycles. The molecule has 0 spiro atoms. The SMILES string of the molecule is COCc1nc(-c2cc(C(=O)N3CCC(F)(c4ccc(C#N)cc4)CC3)c(C)cc2C2CCC2)n[nH]1. The highest BCUT2D eigenvalue weighted by Crippen LogP contribution is 2.42. The molecular weight excluding hydrogens is 457 g/mol. The fourth-order valence-corrected chi connectivity index (χ4v) is 5.20. The van der Waals surface area contributed by atoms with Gasteiger partial charge in [0.2, 0.25) is 0 Å². The molecule has 36 heavy (non-hydrogen) atoms. The lowest BCUT2D eigenvalue weighted by molar-refractivity contribution is 0.0421. The van der Waals surface area contributed by atoms with Gasteiger partial charge in [0.15, 0.2) is 11.6 Å². The van der Waals surface area contributed by atoms with E-state index in [1.165, 1.54) is 12.0 Å². The van der Waals surface area contributed by atoms with Crippen molar-refractivity contribution in [1.82, 2.24) is 20.1 Å². The average molecular weight is 488 g/mol. The number of nitrogens with one attached hydrogen (secondary N) is 1. The van der Waals surface area contributed by atoms with Gasteiger partial charge < -0.3 is 9.64 Å². The van der Waals surface area contributed by atoms with Crippen molar-refractivity contribution in [1.29, 1.82) is 5.26 Å². The second-order valence-electron chi connectivity index (χ2n) is 9.87. The number of halogens is 1. The second kappa shape index (κ2) is 9.82. The topological polar surface area (TPSA) is 94.9 Å². The summed E-state index contributed by atoms with van der Waals surface area (Å²) in [4.78, 5) is 19.9. The molecule has 2 heterocycles. The van der Waals surface area contributed by atoms with Crippen LogP contribution in [0, 0.1) is 18.3 Å². The number of hydrogen-bond donors (Lipinski definition) is 1. The molecule has 186 valence electrons. The monoisotopic (exact) mass is 487 g/mol.